The summed E-state index contributed by atoms with van der Waals surface area (Å²) >= 11 is 0. The molecule has 1 heterocycles. The van der Waals surface area contributed by atoms with Crippen LogP contribution in [-0.2, 0) is 9.53 Å². The standard InChI is InChI=1S/C14H18N4O2/c1-20-8-2-3-11(15)14(19)18-10-4-5-12-13(9-10)17-7-6-16-12/h4-7,9,11H,2-3,8,15H2,1H3,(H,18,19). The highest BCUT2D eigenvalue weighted by atomic mass is 16.5. The molecule has 0 aliphatic heterocycles. The lowest BCUT2D eigenvalue weighted by Gasteiger charge is -2.12. The maximum atomic E-state index is 11.9. The van der Waals surface area contributed by atoms with E-state index in [4.69, 9.17) is 10.5 Å². The van der Waals surface area contributed by atoms with Crippen molar-refractivity contribution < 1.29 is 9.53 Å². The molecule has 3 N–H and O–H groups in total. The maximum Gasteiger partial charge on any atom is 0.241 e. The molecule has 1 aromatic carbocycles. The van der Waals surface area contributed by atoms with E-state index in [1.165, 1.54) is 0 Å². The van der Waals surface area contributed by atoms with Crippen LogP contribution in [0.4, 0.5) is 5.69 Å². The van der Waals surface area contributed by atoms with Gasteiger partial charge >= 0.3 is 0 Å². The summed E-state index contributed by atoms with van der Waals surface area (Å²) in [5.74, 6) is -0.204. The zero-order chi connectivity index (χ0) is 14.4. The summed E-state index contributed by atoms with van der Waals surface area (Å²) in [6, 6.07) is 4.84. The highest BCUT2D eigenvalue weighted by molar-refractivity contribution is 5.96. The van der Waals surface area contributed by atoms with E-state index >= 15 is 0 Å². The summed E-state index contributed by atoms with van der Waals surface area (Å²) in [6.07, 6.45) is 4.60. The van der Waals surface area contributed by atoms with Crippen LogP contribution in [0.5, 0.6) is 0 Å². The van der Waals surface area contributed by atoms with E-state index in [9.17, 15) is 4.79 Å². The first-order valence-electron chi connectivity index (χ1n) is 6.47. The summed E-state index contributed by atoms with van der Waals surface area (Å²) in [5, 5.41) is 2.79. The van der Waals surface area contributed by atoms with Gasteiger partial charge in [0.1, 0.15) is 0 Å². The van der Waals surface area contributed by atoms with Crippen LogP contribution in [0.15, 0.2) is 30.6 Å². The minimum Gasteiger partial charge on any atom is -0.385 e. The van der Waals surface area contributed by atoms with E-state index in [2.05, 4.69) is 15.3 Å². The zero-order valence-electron chi connectivity index (χ0n) is 11.4. The van der Waals surface area contributed by atoms with Crippen LogP contribution >= 0.6 is 0 Å². The topological polar surface area (TPSA) is 90.1 Å². The van der Waals surface area contributed by atoms with E-state index < -0.39 is 6.04 Å². The number of amides is 1. The van der Waals surface area contributed by atoms with Crippen LogP contribution < -0.4 is 11.1 Å². The van der Waals surface area contributed by atoms with Gasteiger partial charge in [-0.05, 0) is 31.0 Å². The molecule has 0 spiro atoms. The number of nitrogens with zero attached hydrogens (tertiary/aromatic N) is 2. The SMILES string of the molecule is COCCCC(N)C(=O)Nc1ccc2nccnc2c1. The number of aromatic nitrogens is 2. The summed E-state index contributed by atoms with van der Waals surface area (Å²) in [7, 11) is 1.63. The van der Waals surface area contributed by atoms with Gasteiger partial charge in [0.05, 0.1) is 17.1 Å². The molecule has 0 aliphatic carbocycles. The first kappa shape index (κ1) is 14.4. The van der Waals surface area contributed by atoms with Gasteiger partial charge in [0.25, 0.3) is 0 Å². The average molecular weight is 274 g/mol. The third kappa shape index (κ3) is 3.72. The molecule has 2 aromatic rings. The summed E-state index contributed by atoms with van der Waals surface area (Å²) in [6.45, 7) is 0.604. The Balaban J connectivity index is 1.98. The molecule has 0 saturated carbocycles. The van der Waals surface area contributed by atoms with Crippen molar-refractivity contribution in [2.24, 2.45) is 5.73 Å². The number of methoxy groups -OCH3 is 1. The zero-order valence-corrected chi connectivity index (χ0v) is 11.4. The molecule has 2 rings (SSSR count). The van der Waals surface area contributed by atoms with Gasteiger partial charge in [-0.2, -0.15) is 0 Å². The maximum absolute atomic E-state index is 11.9. The second-order valence-electron chi connectivity index (χ2n) is 4.49. The quantitative estimate of drug-likeness (QED) is 0.775. The van der Waals surface area contributed by atoms with Gasteiger partial charge in [-0.3, -0.25) is 14.8 Å². The van der Waals surface area contributed by atoms with Gasteiger partial charge in [0.2, 0.25) is 5.91 Å². The highest BCUT2D eigenvalue weighted by Gasteiger charge is 2.13. The molecule has 0 radical (unpaired) electrons. The number of hydrogen-bond donors (Lipinski definition) is 2. The average Bonchev–Trinajstić information content (AvgIpc) is 2.47. The Kier molecular flexibility index (Phi) is 4.97. The van der Waals surface area contributed by atoms with Crippen molar-refractivity contribution in [3.8, 4) is 0 Å². The third-order valence-corrected chi connectivity index (χ3v) is 2.94. The van der Waals surface area contributed by atoms with E-state index in [0.717, 1.165) is 17.5 Å². The van der Waals surface area contributed by atoms with Crippen LogP contribution in [0.2, 0.25) is 0 Å². The predicted octanol–water partition coefficient (Wildman–Crippen LogP) is 1.32. The first-order chi connectivity index (χ1) is 9.70. The lowest BCUT2D eigenvalue weighted by molar-refractivity contribution is -0.117. The Morgan fingerprint density at radius 3 is 2.85 bits per heavy atom. The van der Waals surface area contributed by atoms with E-state index in [-0.39, 0.29) is 5.91 Å². The van der Waals surface area contributed by atoms with Crippen molar-refractivity contribution in [1.82, 2.24) is 9.97 Å². The largest absolute Gasteiger partial charge is 0.385 e. The van der Waals surface area contributed by atoms with Crippen molar-refractivity contribution in [2.45, 2.75) is 18.9 Å². The second kappa shape index (κ2) is 6.93. The van der Waals surface area contributed by atoms with E-state index in [1.54, 1.807) is 31.6 Å². The molecule has 1 unspecified atom stereocenters. The molecule has 1 amide bonds. The van der Waals surface area contributed by atoms with E-state index in [0.29, 0.717) is 18.7 Å². The first-order valence-corrected chi connectivity index (χ1v) is 6.47. The Bertz CT molecular complexity index is 588. The third-order valence-electron chi connectivity index (χ3n) is 2.94. The van der Waals surface area contributed by atoms with Gasteiger partial charge in [-0.1, -0.05) is 0 Å². The Labute approximate surface area is 117 Å². The highest BCUT2D eigenvalue weighted by Crippen LogP contribution is 2.15. The number of nitrogens with two attached hydrogens (primary N) is 1. The molecular formula is C14H18N4O2. The van der Waals surface area contributed by atoms with Crippen molar-refractivity contribution in [1.29, 1.82) is 0 Å². The number of carbonyl (C=O) groups excluding carboxylic acids is 1. The fourth-order valence-electron chi connectivity index (χ4n) is 1.85. The summed E-state index contributed by atoms with van der Waals surface area (Å²) in [5.41, 5.74) is 8.02. The molecule has 0 fully saturated rings. The Morgan fingerprint density at radius 1 is 1.35 bits per heavy atom. The number of hydrogen-bond acceptors (Lipinski definition) is 5. The minimum absolute atomic E-state index is 0.204. The normalized spacial score (nSPS) is 12.3. The molecule has 6 nitrogen and oxygen atoms in total. The predicted molar refractivity (Wildman–Crippen MR) is 77.3 cm³/mol. The number of carbonyl (C=O) groups is 1. The number of rotatable bonds is 6. The van der Waals surface area contributed by atoms with E-state index in [1.807, 2.05) is 6.07 Å². The number of nitrogens with one attached hydrogen (secondary N) is 1. The number of benzene rings is 1. The lowest BCUT2D eigenvalue weighted by atomic mass is 10.1. The summed E-state index contributed by atoms with van der Waals surface area (Å²) in [4.78, 5) is 20.3. The molecule has 106 valence electrons. The number of anilines is 1. The Morgan fingerprint density at radius 2 is 2.10 bits per heavy atom. The molecule has 0 saturated heterocycles. The van der Waals surface area contributed by atoms with Gasteiger partial charge in [-0.25, -0.2) is 0 Å². The molecular weight excluding hydrogens is 256 g/mol. The molecule has 1 aromatic heterocycles. The molecule has 0 bridgehead atoms. The monoisotopic (exact) mass is 274 g/mol. The van der Waals surface area contributed by atoms with Crippen LogP contribution in [0, 0.1) is 0 Å². The van der Waals surface area contributed by atoms with Crippen molar-refractivity contribution in [3.05, 3.63) is 30.6 Å². The minimum atomic E-state index is -0.539. The Hall–Kier alpha value is -2.05. The van der Waals surface area contributed by atoms with Gasteiger partial charge in [0, 0.05) is 31.8 Å². The van der Waals surface area contributed by atoms with Crippen molar-refractivity contribution in [2.75, 3.05) is 19.0 Å². The van der Waals surface area contributed by atoms with Crippen molar-refractivity contribution >= 4 is 22.6 Å². The number of fused-ring (bicyclic) bond motifs is 1. The van der Waals surface area contributed by atoms with Crippen LogP contribution in [-0.4, -0.2) is 35.6 Å². The van der Waals surface area contributed by atoms with Crippen LogP contribution in [0.25, 0.3) is 11.0 Å². The lowest BCUT2D eigenvalue weighted by Crippen LogP contribution is -2.35. The fraction of sp³-hybridized carbons (Fsp3) is 0.357. The second-order valence-corrected chi connectivity index (χ2v) is 4.49. The van der Waals surface area contributed by atoms with Crippen molar-refractivity contribution in [3.63, 3.8) is 0 Å². The van der Waals surface area contributed by atoms with Gasteiger partial charge in [-0.15, -0.1) is 0 Å². The van der Waals surface area contributed by atoms with Gasteiger partial charge in [0.15, 0.2) is 0 Å². The number of ether oxygens (including phenoxy) is 1. The van der Waals surface area contributed by atoms with Gasteiger partial charge < -0.3 is 15.8 Å². The smallest absolute Gasteiger partial charge is 0.241 e. The molecule has 20 heavy (non-hydrogen) atoms. The molecule has 6 heteroatoms. The molecule has 0 aliphatic rings. The summed E-state index contributed by atoms with van der Waals surface area (Å²) < 4.78 is 4.94. The van der Waals surface area contributed by atoms with Crippen LogP contribution in [0.3, 0.4) is 0 Å². The van der Waals surface area contributed by atoms with Crippen LogP contribution in [0.1, 0.15) is 12.8 Å². The molecule has 1 atom stereocenters. The fourth-order valence-corrected chi connectivity index (χ4v) is 1.85.